The van der Waals surface area contributed by atoms with Crippen LogP contribution in [0.25, 0.3) is 0 Å². The topological polar surface area (TPSA) is 47.3 Å². The molecule has 0 aliphatic carbocycles. The molecule has 1 aromatic rings. The van der Waals surface area contributed by atoms with E-state index in [9.17, 15) is 10.4 Å². The van der Waals surface area contributed by atoms with Crippen LogP contribution in [0.15, 0.2) is 30.3 Å². The van der Waals surface area contributed by atoms with E-state index < -0.39 is 0 Å². The maximum Gasteiger partial charge on any atom is 0.0846 e. The fourth-order valence-electron chi connectivity index (χ4n) is 3.17. The Morgan fingerprint density at radius 2 is 1.95 bits per heavy atom. The quantitative estimate of drug-likeness (QED) is 0.874. The maximum absolute atomic E-state index is 10.0. The van der Waals surface area contributed by atoms with Gasteiger partial charge in [-0.1, -0.05) is 50.1 Å². The van der Waals surface area contributed by atoms with E-state index in [-0.39, 0.29) is 11.5 Å². The van der Waals surface area contributed by atoms with Crippen molar-refractivity contribution in [2.75, 3.05) is 19.6 Å². The zero-order valence-corrected chi connectivity index (χ0v) is 13.0. The van der Waals surface area contributed by atoms with Crippen LogP contribution in [-0.4, -0.2) is 35.7 Å². The predicted octanol–water partition coefficient (Wildman–Crippen LogP) is 3.09. The summed E-state index contributed by atoms with van der Waals surface area (Å²) in [7, 11) is 0. The van der Waals surface area contributed by atoms with E-state index >= 15 is 0 Å². The smallest absolute Gasteiger partial charge is 0.0846 e. The molecule has 2 rings (SSSR count). The molecule has 21 heavy (non-hydrogen) atoms. The number of aliphatic hydroxyl groups is 1. The Kier molecular flexibility index (Phi) is 5.78. The first-order valence-corrected chi connectivity index (χ1v) is 8.07. The number of hydrogen-bond acceptors (Lipinski definition) is 3. The molecule has 0 saturated carbocycles. The molecule has 1 aromatic carbocycles. The molecular formula is C18H26N2O. The van der Waals surface area contributed by atoms with Crippen LogP contribution in [0.5, 0.6) is 0 Å². The predicted molar refractivity (Wildman–Crippen MR) is 84.9 cm³/mol. The third-order valence-corrected chi connectivity index (χ3v) is 4.61. The monoisotopic (exact) mass is 286 g/mol. The second kappa shape index (κ2) is 7.59. The van der Waals surface area contributed by atoms with Crippen LogP contribution in [0.4, 0.5) is 0 Å². The largest absolute Gasteiger partial charge is 0.392 e. The average Bonchev–Trinajstić information content (AvgIpc) is 2.55. The van der Waals surface area contributed by atoms with Gasteiger partial charge < -0.3 is 10.0 Å². The van der Waals surface area contributed by atoms with Crippen LogP contribution in [0, 0.1) is 11.3 Å². The summed E-state index contributed by atoms with van der Waals surface area (Å²) in [4.78, 5) is 2.30. The van der Waals surface area contributed by atoms with Crippen LogP contribution in [0.1, 0.15) is 44.6 Å². The highest BCUT2D eigenvalue weighted by molar-refractivity contribution is 5.33. The first kappa shape index (κ1) is 16.0. The number of piperidine rings is 1. The maximum atomic E-state index is 10.0. The minimum Gasteiger partial charge on any atom is -0.392 e. The Hall–Kier alpha value is -1.37. The number of nitriles is 1. The van der Waals surface area contributed by atoms with Gasteiger partial charge in [-0.25, -0.2) is 0 Å². The molecule has 1 saturated heterocycles. The molecule has 1 fully saturated rings. The van der Waals surface area contributed by atoms with Gasteiger partial charge in [0, 0.05) is 19.6 Å². The highest BCUT2D eigenvalue weighted by atomic mass is 16.3. The molecule has 1 atom stereocenters. The van der Waals surface area contributed by atoms with Crippen LogP contribution in [0.3, 0.4) is 0 Å². The zero-order valence-electron chi connectivity index (χ0n) is 13.0. The summed E-state index contributed by atoms with van der Waals surface area (Å²) in [6.07, 6.45) is 4.58. The molecule has 1 aliphatic heterocycles. The molecule has 3 heteroatoms. The molecule has 0 radical (unpaired) electrons. The summed E-state index contributed by atoms with van der Waals surface area (Å²) < 4.78 is 0. The molecule has 1 N–H and O–H groups in total. The number of unbranched alkanes of at least 4 members (excludes halogenated alkanes) is 1. The number of hydrogen-bond donors (Lipinski definition) is 1. The third kappa shape index (κ3) is 4.06. The summed E-state index contributed by atoms with van der Waals surface area (Å²) >= 11 is 0. The van der Waals surface area contributed by atoms with Crippen molar-refractivity contribution in [3.8, 4) is 6.07 Å². The molecule has 114 valence electrons. The zero-order chi connectivity index (χ0) is 15.1. The van der Waals surface area contributed by atoms with Crippen molar-refractivity contribution in [1.29, 1.82) is 5.26 Å². The molecule has 1 heterocycles. The number of β-amino-alcohol motifs (C(OH)–C–C–N with tert-alkyl or cyclic N) is 1. The molecule has 0 bridgehead atoms. The summed E-state index contributed by atoms with van der Waals surface area (Å²) in [5.74, 6) is 0. The van der Waals surface area contributed by atoms with E-state index in [1.54, 1.807) is 0 Å². The SMILES string of the molecule is CCCCC(O)CN1CCC(C#N)(c2ccccc2)CC1. The highest BCUT2D eigenvalue weighted by Crippen LogP contribution is 2.34. The van der Waals surface area contributed by atoms with E-state index in [4.69, 9.17) is 0 Å². The first-order chi connectivity index (χ1) is 10.2. The molecule has 1 aliphatic rings. The first-order valence-electron chi connectivity index (χ1n) is 8.07. The van der Waals surface area contributed by atoms with Crippen molar-refractivity contribution in [3.63, 3.8) is 0 Å². The van der Waals surface area contributed by atoms with Gasteiger partial charge in [0.05, 0.1) is 17.6 Å². The number of rotatable bonds is 6. The number of benzene rings is 1. The number of likely N-dealkylation sites (tertiary alicyclic amines) is 1. The van der Waals surface area contributed by atoms with Crippen LogP contribution in [0.2, 0.25) is 0 Å². The van der Waals surface area contributed by atoms with Gasteiger partial charge in [0.1, 0.15) is 0 Å². The van der Waals surface area contributed by atoms with Crippen molar-refractivity contribution in [2.45, 2.75) is 50.5 Å². The van der Waals surface area contributed by atoms with E-state index in [0.717, 1.165) is 57.3 Å². The van der Waals surface area contributed by atoms with Crippen molar-refractivity contribution in [3.05, 3.63) is 35.9 Å². The standard InChI is InChI=1S/C18H26N2O/c1-2-3-9-17(21)14-20-12-10-18(15-19,11-13-20)16-7-5-4-6-8-16/h4-8,17,21H,2-3,9-14H2,1H3. The Balaban J connectivity index is 1.91. The lowest BCUT2D eigenvalue weighted by Gasteiger charge is -2.38. The van der Waals surface area contributed by atoms with E-state index in [0.29, 0.717) is 0 Å². The van der Waals surface area contributed by atoms with Gasteiger partial charge in [0.15, 0.2) is 0 Å². The number of aliphatic hydroxyl groups excluding tert-OH is 1. The van der Waals surface area contributed by atoms with Gasteiger partial charge in [-0.2, -0.15) is 5.26 Å². The highest BCUT2D eigenvalue weighted by Gasteiger charge is 2.36. The third-order valence-electron chi connectivity index (χ3n) is 4.61. The van der Waals surface area contributed by atoms with E-state index in [2.05, 4.69) is 30.0 Å². The summed E-state index contributed by atoms with van der Waals surface area (Å²) in [6.45, 7) is 4.68. The molecule has 0 amide bonds. The average molecular weight is 286 g/mol. The second-order valence-corrected chi connectivity index (χ2v) is 6.16. The lowest BCUT2D eigenvalue weighted by Crippen LogP contribution is -2.44. The molecular weight excluding hydrogens is 260 g/mol. The summed E-state index contributed by atoms with van der Waals surface area (Å²) in [5.41, 5.74) is 0.797. The van der Waals surface area contributed by atoms with E-state index in [1.807, 2.05) is 18.2 Å². The van der Waals surface area contributed by atoms with E-state index in [1.165, 1.54) is 0 Å². The Labute approximate surface area is 128 Å². The Morgan fingerprint density at radius 3 is 2.52 bits per heavy atom. The molecule has 0 spiro atoms. The Bertz CT molecular complexity index is 458. The van der Waals surface area contributed by atoms with Gasteiger partial charge >= 0.3 is 0 Å². The number of nitrogens with zero attached hydrogens (tertiary/aromatic N) is 2. The van der Waals surface area contributed by atoms with Crippen LogP contribution < -0.4 is 0 Å². The van der Waals surface area contributed by atoms with Gasteiger partial charge in [-0.05, 0) is 24.8 Å². The van der Waals surface area contributed by atoms with Gasteiger partial charge in [-0.3, -0.25) is 0 Å². The van der Waals surface area contributed by atoms with Gasteiger partial charge in [0.2, 0.25) is 0 Å². The van der Waals surface area contributed by atoms with Gasteiger partial charge in [0.25, 0.3) is 0 Å². The van der Waals surface area contributed by atoms with Crippen molar-refractivity contribution >= 4 is 0 Å². The lowest BCUT2D eigenvalue weighted by molar-refractivity contribution is 0.0828. The fourth-order valence-corrected chi connectivity index (χ4v) is 3.17. The molecule has 3 nitrogen and oxygen atoms in total. The molecule has 0 aromatic heterocycles. The lowest BCUT2D eigenvalue weighted by atomic mass is 9.74. The van der Waals surface area contributed by atoms with Gasteiger partial charge in [-0.15, -0.1) is 0 Å². The Morgan fingerprint density at radius 1 is 1.29 bits per heavy atom. The summed E-state index contributed by atoms with van der Waals surface area (Å²) in [6, 6.07) is 12.7. The molecule has 1 unspecified atom stereocenters. The normalized spacial score (nSPS) is 19.9. The minimum atomic E-state index is -0.341. The van der Waals surface area contributed by atoms with Crippen LogP contribution in [-0.2, 0) is 5.41 Å². The second-order valence-electron chi connectivity index (χ2n) is 6.16. The summed E-state index contributed by atoms with van der Waals surface area (Å²) in [5, 5.41) is 19.7. The van der Waals surface area contributed by atoms with Crippen molar-refractivity contribution < 1.29 is 5.11 Å². The van der Waals surface area contributed by atoms with Crippen molar-refractivity contribution in [2.24, 2.45) is 0 Å². The van der Waals surface area contributed by atoms with Crippen LogP contribution >= 0.6 is 0 Å². The minimum absolute atomic E-state index is 0.226. The van der Waals surface area contributed by atoms with Crippen molar-refractivity contribution in [1.82, 2.24) is 4.90 Å². The fraction of sp³-hybridized carbons (Fsp3) is 0.611.